The molecule has 0 fully saturated rings. The van der Waals surface area contributed by atoms with E-state index in [0.29, 0.717) is 18.5 Å². The fourth-order valence-electron chi connectivity index (χ4n) is 5.88. The number of amides is 2. The van der Waals surface area contributed by atoms with Crippen molar-refractivity contribution in [2.45, 2.75) is 38.1 Å². The average molecular weight is 665 g/mol. The number of halogens is 4. The molecular weight excluding hydrogens is 632 g/mol. The van der Waals surface area contributed by atoms with E-state index in [9.17, 15) is 27.2 Å². The van der Waals surface area contributed by atoms with Crippen LogP contribution in [-0.2, 0) is 41.7 Å². The summed E-state index contributed by atoms with van der Waals surface area (Å²) >= 11 is 0. The normalized spacial score (nSPS) is 13.6. The van der Waals surface area contributed by atoms with Crippen molar-refractivity contribution >= 4 is 17.9 Å². The monoisotopic (exact) mass is 664 g/mol. The van der Waals surface area contributed by atoms with Crippen molar-refractivity contribution in [2.24, 2.45) is 0 Å². The zero-order valence-electron chi connectivity index (χ0n) is 26.4. The van der Waals surface area contributed by atoms with Gasteiger partial charge in [0.2, 0.25) is 11.8 Å². The van der Waals surface area contributed by atoms with Gasteiger partial charge in [0.1, 0.15) is 17.6 Å². The maximum atomic E-state index is 14.5. The highest BCUT2D eigenvalue weighted by Crippen LogP contribution is 2.28. The molecule has 248 valence electrons. The molecule has 0 aliphatic carbocycles. The van der Waals surface area contributed by atoms with Crippen LogP contribution in [0.25, 0.3) is 17.3 Å². The Hall–Kier alpha value is -5.64. The van der Waals surface area contributed by atoms with Gasteiger partial charge in [-0.15, -0.1) is 0 Å². The fraction of sp³-hybridized carbons (Fsp3) is 0.179. The Bertz CT molecular complexity index is 1930. The summed E-state index contributed by atoms with van der Waals surface area (Å²) in [5.74, 6) is -1.09. The minimum atomic E-state index is -4.59. The second kappa shape index (κ2) is 14.6. The predicted octanol–water partition coefficient (Wildman–Crippen LogP) is 7.54. The van der Waals surface area contributed by atoms with Gasteiger partial charge in [0.25, 0.3) is 0 Å². The first kappa shape index (κ1) is 33.3. The van der Waals surface area contributed by atoms with Gasteiger partial charge in [-0.3, -0.25) is 19.6 Å². The Balaban J connectivity index is 1.34. The minimum absolute atomic E-state index is 0.0792. The minimum Gasteiger partial charge on any atom is -0.336 e. The first-order valence-corrected chi connectivity index (χ1v) is 15.8. The topological polar surface area (TPSA) is 66.4 Å². The van der Waals surface area contributed by atoms with Crippen molar-refractivity contribution in [3.05, 3.63) is 161 Å². The van der Waals surface area contributed by atoms with Crippen molar-refractivity contribution in [1.82, 2.24) is 19.8 Å². The number of hydrogen-bond donors (Lipinski definition) is 0. The number of fused-ring (bicyclic) bond motifs is 1. The molecule has 0 spiro atoms. The van der Waals surface area contributed by atoms with E-state index in [1.165, 1.54) is 35.3 Å². The summed E-state index contributed by atoms with van der Waals surface area (Å²) in [6.45, 7) is 0.706. The molecule has 0 saturated heterocycles. The van der Waals surface area contributed by atoms with Crippen molar-refractivity contribution in [3.8, 4) is 11.3 Å². The smallest absolute Gasteiger partial charge is 0.336 e. The zero-order valence-corrected chi connectivity index (χ0v) is 26.4. The lowest BCUT2D eigenvalue weighted by Crippen LogP contribution is -2.52. The SMILES string of the molecule is O=C(C(Cc1ccccc1)N(Cc1ccc(-c2ccccn2)cc1)C(=O)C=Cc1ccc(C(F)(F)F)nc1)N1CCc2cc(F)ccc2C1. The van der Waals surface area contributed by atoms with Gasteiger partial charge in [0.15, 0.2) is 0 Å². The van der Waals surface area contributed by atoms with Gasteiger partial charge < -0.3 is 9.80 Å². The van der Waals surface area contributed by atoms with Crippen LogP contribution in [0.5, 0.6) is 0 Å². The number of carbonyl (C=O) groups is 2. The van der Waals surface area contributed by atoms with Crippen LogP contribution in [0.2, 0.25) is 0 Å². The molecule has 5 aromatic rings. The number of alkyl halides is 3. The lowest BCUT2D eigenvalue weighted by atomic mass is 9.97. The van der Waals surface area contributed by atoms with Crippen molar-refractivity contribution in [3.63, 3.8) is 0 Å². The third kappa shape index (κ3) is 8.27. The number of carbonyl (C=O) groups excluding carboxylic acids is 2. The highest BCUT2D eigenvalue weighted by atomic mass is 19.4. The lowest BCUT2D eigenvalue weighted by Gasteiger charge is -2.37. The maximum Gasteiger partial charge on any atom is 0.433 e. The van der Waals surface area contributed by atoms with E-state index in [1.807, 2.05) is 72.8 Å². The maximum absolute atomic E-state index is 14.5. The molecule has 1 unspecified atom stereocenters. The number of hydrogen-bond acceptors (Lipinski definition) is 4. The summed E-state index contributed by atoms with van der Waals surface area (Å²) < 4.78 is 53.1. The van der Waals surface area contributed by atoms with Crippen molar-refractivity contribution in [1.29, 1.82) is 0 Å². The molecule has 0 N–H and O–H groups in total. The van der Waals surface area contributed by atoms with Gasteiger partial charge in [-0.1, -0.05) is 72.8 Å². The van der Waals surface area contributed by atoms with Crippen LogP contribution in [0.3, 0.4) is 0 Å². The molecule has 3 aromatic carbocycles. The van der Waals surface area contributed by atoms with Crippen LogP contribution >= 0.6 is 0 Å². The first-order valence-electron chi connectivity index (χ1n) is 15.8. The summed E-state index contributed by atoms with van der Waals surface area (Å²) in [6.07, 6.45) is 1.51. The molecule has 6 rings (SSSR count). The van der Waals surface area contributed by atoms with E-state index < -0.39 is 23.8 Å². The van der Waals surface area contributed by atoms with E-state index >= 15 is 0 Å². The van der Waals surface area contributed by atoms with Crippen LogP contribution in [0.4, 0.5) is 17.6 Å². The average Bonchev–Trinajstić information content (AvgIpc) is 3.12. The second-order valence-electron chi connectivity index (χ2n) is 11.8. The fourth-order valence-corrected chi connectivity index (χ4v) is 5.88. The first-order chi connectivity index (χ1) is 23.6. The van der Waals surface area contributed by atoms with Gasteiger partial charge in [0.05, 0.1) is 5.69 Å². The quantitative estimate of drug-likeness (QED) is 0.121. The molecular formula is C39H32F4N4O2. The third-order valence-corrected chi connectivity index (χ3v) is 8.47. The van der Waals surface area contributed by atoms with Gasteiger partial charge in [-0.05, 0) is 70.6 Å². The Labute approximate surface area is 281 Å². The van der Waals surface area contributed by atoms with E-state index in [0.717, 1.165) is 45.8 Å². The van der Waals surface area contributed by atoms with Gasteiger partial charge in [-0.25, -0.2) is 4.39 Å². The van der Waals surface area contributed by atoms with Crippen LogP contribution in [0, 0.1) is 5.82 Å². The standard InChI is InChI=1S/C39H32F4N4O2/c40-33-16-15-32-26-46(21-19-31(32)23-33)38(49)35(22-27-6-2-1-3-7-27)47(25-29-9-13-30(14-10-29)34-8-4-5-20-44-34)37(48)18-12-28-11-17-36(45-24-28)39(41,42)43/h1-18,20,23-24,35H,19,21-22,25-26H2. The molecule has 0 radical (unpaired) electrons. The predicted molar refractivity (Wildman–Crippen MR) is 178 cm³/mol. The molecule has 0 saturated carbocycles. The summed E-state index contributed by atoms with van der Waals surface area (Å²) in [5, 5.41) is 0. The summed E-state index contributed by atoms with van der Waals surface area (Å²) in [7, 11) is 0. The molecule has 1 aliphatic heterocycles. The molecule has 0 bridgehead atoms. The molecule has 1 aliphatic rings. The van der Waals surface area contributed by atoms with Crippen LogP contribution in [-0.4, -0.2) is 44.2 Å². The molecule has 2 aromatic heterocycles. The molecule has 6 nitrogen and oxygen atoms in total. The van der Waals surface area contributed by atoms with Crippen LogP contribution in [0.1, 0.15) is 33.5 Å². The molecule has 10 heteroatoms. The van der Waals surface area contributed by atoms with E-state index in [4.69, 9.17) is 0 Å². The molecule has 49 heavy (non-hydrogen) atoms. The summed E-state index contributed by atoms with van der Waals surface area (Å²) in [6, 6.07) is 28.3. The Morgan fingerprint density at radius 2 is 1.63 bits per heavy atom. The zero-order chi connectivity index (χ0) is 34.4. The molecule has 1 atom stereocenters. The van der Waals surface area contributed by atoms with Gasteiger partial charge >= 0.3 is 6.18 Å². The highest BCUT2D eigenvalue weighted by molar-refractivity contribution is 5.95. The molecule has 2 amide bonds. The largest absolute Gasteiger partial charge is 0.433 e. The van der Waals surface area contributed by atoms with Crippen molar-refractivity contribution < 1.29 is 27.2 Å². The Morgan fingerprint density at radius 1 is 0.857 bits per heavy atom. The Morgan fingerprint density at radius 3 is 2.33 bits per heavy atom. The number of nitrogens with zero attached hydrogens (tertiary/aromatic N) is 4. The molecule has 3 heterocycles. The second-order valence-corrected chi connectivity index (χ2v) is 11.8. The number of aromatic nitrogens is 2. The van der Waals surface area contributed by atoms with E-state index in [2.05, 4.69) is 9.97 Å². The highest BCUT2D eigenvalue weighted by Gasteiger charge is 2.34. The number of pyridine rings is 2. The lowest BCUT2D eigenvalue weighted by molar-refractivity contribution is -0.144. The number of benzene rings is 3. The van der Waals surface area contributed by atoms with Crippen molar-refractivity contribution in [2.75, 3.05) is 6.54 Å². The Kier molecular flexibility index (Phi) is 9.94. The van der Waals surface area contributed by atoms with Crippen LogP contribution < -0.4 is 0 Å². The summed E-state index contributed by atoms with van der Waals surface area (Å²) in [5.41, 5.74) is 4.24. The van der Waals surface area contributed by atoms with Crippen LogP contribution in [0.15, 0.2) is 122 Å². The third-order valence-electron chi connectivity index (χ3n) is 8.47. The van der Waals surface area contributed by atoms with Gasteiger partial charge in [-0.2, -0.15) is 13.2 Å². The summed E-state index contributed by atoms with van der Waals surface area (Å²) in [4.78, 5) is 39.7. The van der Waals surface area contributed by atoms with Gasteiger partial charge in [0, 0.05) is 50.1 Å². The van der Waals surface area contributed by atoms with E-state index in [1.54, 1.807) is 17.2 Å². The van der Waals surface area contributed by atoms with E-state index in [-0.39, 0.29) is 31.2 Å². The number of rotatable bonds is 9.